The van der Waals surface area contributed by atoms with E-state index < -0.39 is 17.3 Å². The topological polar surface area (TPSA) is 76.9 Å². The maximum absolute atomic E-state index is 13.7. The highest BCUT2D eigenvalue weighted by Crippen LogP contribution is 2.19. The Balaban J connectivity index is 1.83. The molecule has 1 N–H and O–H groups in total. The predicted octanol–water partition coefficient (Wildman–Crippen LogP) is 2.33. The molecule has 0 spiro atoms. The van der Waals surface area contributed by atoms with E-state index in [4.69, 9.17) is 0 Å². The molecule has 0 radical (unpaired) electrons. The summed E-state index contributed by atoms with van der Waals surface area (Å²) in [4.78, 5) is 24.2. The minimum Gasteiger partial charge on any atom is -0.322 e. The van der Waals surface area contributed by atoms with Crippen LogP contribution < -0.4 is 10.9 Å². The summed E-state index contributed by atoms with van der Waals surface area (Å²) in [5.41, 5.74) is 0.0511. The molecule has 3 rings (SSSR count). The summed E-state index contributed by atoms with van der Waals surface area (Å²) in [5, 5.41) is 10.4. The van der Waals surface area contributed by atoms with Gasteiger partial charge in [0.2, 0.25) is 5.91 Å². The molecule has 0 fully saturated rings. The molecule has 1 aromatic heterocycles. The van der Waals surface area contributed by atoms with Crippen molar-refractivity contribution in [2.24, 2.45) is 0 Å². The number of hydrogen-bond acceptors (Lipinski definition) is 4. The Hall–Kier alpha value is -2.61. The average molecular weight is 377 g/mol. The van der Waals surface area contributed by atoms with Gasteiger partial charge < -0.3 is 5.32 Å². The fourth-order valence-electron chi connectivity index (χ4n) is 2.04. The lowest BCUT2D eigenvalue weighted by molar-refractivity contribution is -0.117. The molecule has 0 unspecified atom stereocenters. The SMILES string of the molecule is O=C(Cn1nnc2ccccc2c1=O)Nc1ccc(Br)cc1F. The minimum absolute atomic E-state index is 0.0278. The van der Waals surface area contributed by atoms with Crippen molar-refractivity contribution in [2.75, 3.05) is 5.32 Å². The Bertz CT molecular complexity index is 958. The van der Waals surface area contributed by atoms with Crippen molar-refractivity contribution in [1.29, 1.82) is 0 Å². The second-order valence-corrected chi connectivity index (χ2v) is 5.66. The molecule has 8 heteroatoms. The summed E-state index contributed by atoms with van der Waals surface area (Å²) in [7, 11) is 0. The summed E-state index contributed by atoms with van der Waals surface area (Å²) in [6.45, 7) is -0.355. The maximum atomic E-state index is 13.7. The van der Waals surface area contributed by atoms with Crippen LogP contribution in [0.4, 0.5) is 10.1 Å². The first-order valence-electron chi connectivity index (χ1n) is 6.62. The fraction of sp³-hybridized carbons (Fsp3) is 0.0667. The standard InChI is InChI=1S/C15H10BrFN4O2/c16-9-5-6-13(11(17)7-9)18-14(22)8-21-15(23)10-3-1-2-4-12(10)19-20-21/h1-7H,8H2,(H,18,22). The fourth-order valence-corrected chi connectivity index (χ4v) is 2.38. The van der Waals surface area contributed by atoms with Gasteiger partial charge in [-0.1, -0.05) is 33.3 Å². The number of benzene rings is 2. The zero-order valence-corrected chi connectivity index (χ0v) is 13.2. The molecule has 116 valence electrons. The Kier molecular flexibility index (Phi) is 4.16. The van der Waals surface area contributed by atoms with Crippen molar-refractivity contribution in [3.8, 4) is 0 Å². The highest BCUT2D eigenvalue weighted by atomic mass is 79.9. The van der Waals surface area contributed by atoms with Crippen molar-refractivity contribution in [1.82, 2.24) is 15.0 Å². The number of fused-ring (bicyclic) bond motifs is 1. The molecule has 1 amide bonds. The van der Waals surface area contributed by atoms with E-state index in [1.54, 1.807) is 30.3 Å². The van der Waals surface area contributed by atoms with Gasteiger partial charge in [-0.05, 0) is 30.3 Å². The first-order valence-corrected chi connectivity index (χ1v) is 7.41. The van der Waals surface area contributed by atoms with Gasteiger partial charge in [-0.25, -0.2) is 9.07 Å². The molecule has 0 aliphatic carbocycles. The highest BCUT2D eigenvalue weighted by molar-refractivity contribution is 9.10. The molecule has 2 aromatic carbocycles. The summed E-state index contributed by atoms with van der Waals surface area (Å²) < 4.78 is 15.2. The summed E-state index contributed by atoms with van der Waals surface area (Å²) >= 11 is 3.13. The number of carbonyl (C=O) groups excluding carboxylic acids is 1. The van der Waals surface area contributed by atoms with Crippen molar-refractivity contribution in [3.05, 3.63) is 63.1 Å². The number of hydrogen-bond donors (Lipinski definition) is 1. The zero-order chi connectivity index (χ0) is 16.4. The second-order valence-electron chi connectivity index (χ2n) is 4.74. The second kappa shape index (κ2) is 6.25. The van der Waals surface area contributed by atoms with E-state index >= 15 is 0 Å². The van der Waals surface area contributed by atoms with E-state index in [1.165, 1.54) is 12.1 Å². The molecule has 0 aliphatic rings. The Morgan fingerprint density at radius 1 is 1.26 bits per heavy atom. The minimum atomic E-state index is -0.579. The third-order valence-corrected chi connectivity index (χ3v) is 3.62. The lowest BCUT2D eigenvalue weighted by Crippen LogP contribution is -2.30. The zero-order valence-electron chi connectivity index (χ0n) is 11.7. The van der Waals surface area contributed by atoms with Gasteiger partial charge in [-0.15, -0.1) is 5.10 Å². The summed E-state index contributed by atoms with van der Waals surface area (Å²) in [6.07, 6.45) is 0. The molecule has 0 bridgehead atoms. The summed E-state index contributed by atoms with van der Waals surface area (Å²) in [6, 6.07) is 11.0. The van der Waals surface area contributed by atoms with Crippen LogP contribution in [0.2, 0.25) is 0 Å². The lowest BCUT2D eigenvalue weighted by atomic mass is 10.2. The smallest absolute Gasteiger partial charge is 0.278 e. The van der Waals surface area contributed by atoms with Crippen LogP contribution in [0, 0.1) is 5.82 Å². The lowest BCUT2D eigenvalue weighted by Gasteiger charge is -2.08. The molecule has 0 saturated heterocycles. The molecular weight excluding hydrogens is 367 g/mol. The van der Waals surface area contributed by atoms with Crippen LogP contribution in [0.5, 0.6) is 0 Å². The normalized spacial score (nSPS) is 10.7. The Labute approximate surface area is 138 Å². The molecule has 23 heavy (non-hydrogen) atoms. The van der Waals surface area contributed by atoms with Crippen LogP contribution >= 0.6 is 15.9 Å². The molecule has 3 aromatic rings. The van der Waals surface area contributed by atoms with Gasteiger partial charge in [-0.3, -0.25) is 9.59 Å². The van der Waals surface area contributed by atoms with Gasteiger partial charge in [0.1, 0.15) is 17.9 Å². The van der Waals surface area contributed by atoms with E-state index in [-0.39, 0.29) is 12.2 Å². The number of nitrogens with one attached hydrogen (secondary N) is 1. The van der Waals surface area contributed by atoms with Gasteiger partial charge in [0.25, 0.3) is 5.56 Å². The summed E-state index contributed by atoms with van der Waals surface area (Å²) in [5.74, 6) is -1.15. The van der Waals surface area contributed by atoms with Crippen molar-refractivity contribution >= 4 is 38.4 Å². The van der Waals surface area contributed by atoms with E-state index in [0.717, 1.165) is 4.68 Å². The number of amides is 1. The predicted molar refractivity (Wildman–Crippen MR) is 86.5 cm³/mol. The van der Waals surface area contributed by atoms with Crippen LogP contribution in [0.3, 0.4) is 0 Å². The molecule has 1 heterocycles. The van der Waals surface area contributed by atoms with Crippen LogP contribution in [-0.4, -0.2) is 20.9 Å². The Morgan fingerprint density at radius 3 is 2.83 bits per heavy atom. The third-order valence-electron chi connectivity index (χ3n) is 3.13. The van der Waals surface area contributed by atoms with Gasteiger partial charge in [0, 0.05) is 4.47 Å². The highest BCUT2D eigenvalue weighted by Gasteiger charge is 2.11. The monoisotopic (exact) mass is 376 g/mol. The van der Waals surface area contributed by atoms with Crippen LogP contribution in [-0.2, 0) is 11.3 Å². The molecule has 0 saturated carbocycles. The van der Waals surface area contributed by atoms with Crippen molar-refractivity contribution in [3.63, 3.8) is 0 Å². The van der Waals surface area contributed by atoms with Crippen LogP contribution in [0.15, 0.2) is 51.7 Å². The average Bonchev–Trinajstić information content (AvgIpc) is 2.53. The number of carbonyl (C=O) groups is 1. The number of anilines is 1. The maximum Gasteiger partial charge on any atom is 0.278 e. The number of halogens is 2. The largest absolute Gasteiger partial charge is 0.322 e. The number of rotatable bonds is 3. The van der Waals surface area contributed by atoms with Gasteiger partial charge in [0.05, 0.1) is 11.1 Å². The molecule has 6 nitrogen and oxygen atoms in total. The van der Waals surface area contributed by atoms with Crippen LogP contribution in [0.25, 0.3) is 10.9 Å². The molecule has 0 atom stereocenters. The van der Waals surface area contributed by atoms with E-state index in [0.29, 0.717) is 15.4 Å². The van der Waals surface area contributed by atoms with Gasteiger partial charge in [-0.2, -0.15) is 0 Å². The number of aromatic nitrogens is 3. The first-order chi connectivity index (χ1) is 11.0. The van der Waals surface area contributed by atoms with Gasteiger partial charge >= 0.3 is 0 Å². The third kappa shape index (κ3) is 3.26. The molecule has 0 aliphatic heterocycles. The van der Waals surface area contributed by atoms with E-state index in [1.807, 2.05) is 0 Å². The van der Waals surface area contributed by atoms with Crippen molar-refractivity contribution < 1.29 is 9.18 Å². The quantitative estimate of drug-likeness (QED) is 0.760. The van der Waals surface area contributed by atoms with E-state index in [9.17, 15) is 14.0 Å². The van der Waals surface area contributed by atoms with Gasteiger partial charge in [0.15, 0.2) is 0 Å². The number of nitrogens with zero attached hydrogens (tertiary/aromatic N) is 3. The van der Waals surface area contributed by atoms with E-state index in [2.05, 4.69) is 31.6 Å². The van der Waals surface area contributed by atoms with Crippen molar-refractivity contribution in [2.45, 2.75) is 6.54 Å². The Morgan fingerprint density at radius 2 is 2.04 bits per heavy atom. The molecular formula is C15H10BrFN4O2. The first kappa shape index (κ1) is 15.3. The van der Waals surface area contributed by atoms with Crippen LogP contribution in [0.1, 0.15) is 0 Å².